The third kappa shape index (κ3) is 28.1. The van der Waals surface area contributed by atoms with E-state index in [1.165, 1.54) is 252 Å². The van der Waals surface area contributed by atoms with Crippen LogP contribution < -0.4 is 24.8 Å². The first kappa shape index (κ1) is 78.6. The topological polar surface area (TPSA) is 195 Å². The van der Waals surface area contributed by atoms with Crippen LogP contribution >= 0.6 is 0 Å². The zero-order valence-corrected chi connectivity index (χ0v) is 56.2. The molecule has 6 saturated heterocycles. The largest absolute Gasteiger partial charge is 1.00 e. The van der Waals surface area contributed by atoms with Crippen molar-refractivity contribution in [2.24, 2.45) is 0 Å². The van der Waals surface area contributed by atoms with Gasteiger partial charge < -0.3 is 63.3 Å². The van der Waals surface area contributed by atoms with Crippen molar-refractivity contribution in [3.8, 4) is 0 Å². The summed E-state index contributed by atoms with van der Waals surface area (Å²) in [6, 6.07) is 11.6. The Balaban J connectivity index is 0.000000829. The molecule has 6 fully saturated rings. The smallest absolute Gasteiger partial charge is 0.220 e. The minimum Gasteiger partial charge on any atom is -1.00 e. The lowest BCUT2D eigenvalue weighted by atomic mass is 9.97. The van der Waals surface area contributed by atoms with Gasteiger partial charge in [0.2, 0.25) is 12.5 Å². The molecule has 14 nitrogen and oxygen atoms in total. The van der Waals surface area contributed by atoms with Gasteiger partial charge in [0.15, 0.2) is 12.2 Å². The van der Waals surface area contributed by atoms with Crippen molar-refractivity contribution in [3.05, 3.63) is 59.7 Å². The summed E-state index contributed by atoms with van der Waals surface area (Å²) >= 11 is 0. The number of rotatable bonds is 41. The number of aryl methyl sites for hydroxylation is 2. The summed E-state index contributed by atoms with van der Waals surface area (Å²) in [4.78, 5) is -0.355. The maximum Gasteiger partial charge on any atom is 0.220 e. The van der Waals surface area contributed by atoms with Gasteiger partial charge in [-0.3, -0.25) is 8.97 Å². The van der Waals surface area contributed by atoms with E-state index in [9.17, 15) is 46.4 Å². The van der Waals surface area contributed by atoms with Crippen LogP contribution in [0, 0.1) is 13.8 Å². The van der Waals surface area contributed by atoms with Gasteiger partial charge in [0.1, 0.15) is 98.8 Å². The molecule has 0 unspecified atom stereocenters. The fraction of sp³-hybridized carbons (Fsp3) is 0.818. The van der Waals surface area contributed by atoms with Gasteiger partial charge in [-0.05, 0) is 63.8 Å². The summed E-state index contributed by atoms with van der Waals surface area (Å²) < 4.78 is 65.7. The molecule has 0 aromatic heterocycles. The van der Waals surface area contributed by atoms with Crippen molar-refractivity contribution < 1.29 is 89.1 Å². The van der Waals surface area contributed by atoms with Crippen LogP contribution in [0.1, 0.15) is 230 Å². The van der Waals surface area contributed by atoms with Crippen molar-refractivity contribution in [3.63, 3.8) is 0 Å². The maximum atomic E-state index is 11.7. The molecule has 8 rings (SSSR count). The summed E-state index contributed by atoms with van der Waals surface area (Å²) in [5, 5.41) is 46.2. The highest BCUT2D eigenvalue weighted by atomic mass is 35.5. The first-order chi connectivity index (χ1) is 39.2. The predicted molar refractivity (Wildman–Crippen MR) is 331 cm³/mol. The summed E-state index contributed by atoms with van der Waals surface area (Å²) in [7, 11) is -8.54. The molecule has 2 aromatic rings. The Kier molecular flexibility index (Phi) is 39.1. The molecule has 0 radical (unpaired) electrons. The maximum absolute atomic E-state index is 11.7. The molecule has 18 heteroatoms. The van der Waals surface area contributed by atoms with Crippen molar-refractivity contribution >= 4 is 20.2 Å². The fourth-order valence-corrected chi connectivity index (χ4v) is 14.6. The van der Waals surface area contributed by atoms with Gasteiger partial charge in [-0.2, -0.15) is 0 Å². The molecule has 6 aliphatic rings. The van der Waals surface area contributed by atoms with Crippen LogP contribution in [0.4, 0.5) is 0 Å². The molecule has 4 bridgehead atoms. The molecule has 6 aliphatic heterocycles. The lowest BCUT2D eigenvalue weighted by Crippen LogP contribution is -3.00. The molecule has 6 heterocycles. The number of piperazine rings is 6. The Morgan fingerprint density at radius 2 is 0.536 bits per heavy atom. The number of aliphatic hydroxyl groups is 4. The molecule has 2 aromatic carbocycles. The normalized spacial score (nSPS) is 23.2. The lowest BCUT2D eigenvalue weighted by Gasteiger charge is -2.59. The summed E-state index contributed by atoms with van der Waals surface area (Å²) in [6.45, 7) is 22.2. The number of aliphatic hydroxyl groups excluding tert-OH is 4. The Labute approximate surface area is 525 Å². The summed E-state index contributed by atoms with van der Waals surface area (Å²) in [6.07, 6.45) is 40.2. The van der Waals surface area contributed by atoms with E-state index in [4.69, 9.17) is 0 Å². The van der Waals surface area contributed by atoms with Gasteiger partial charge in [-0.1, -0.05) is 229 Å². The Hall–Kier alpha value is -1.48. The number of fused-ring (bicyclic) bond motifs is 6. The molecule has 4 atom stereocenters. The van der Waals surface area contributed by atoms with E-state index in [1.807, 2.05) is 13.8 Å². The molecule has 84 heavy (non-hydrogen) atoms. The molecule has 0 aliphatic carbocycles. The monoisotopic (exact) mass is 1260 g/mol. The number of halogens is 2. The highest BCUT2D eigenvalue weighted by molar-refractivity contribution is 7.86. The molecule has 490 valence electrons. The van der Waals surface area contributed by atoms with Crippen LogP contribution in [-0.2, 0) is 20.2 Å². The number of unbranched alkanes of at least 4 members (excludes halogenated alkanes) is 30. The molecular weight excluding hydrogens is 1140 g/mol. The average Bonchev–Trinajstić information content (AvgIpc) is 0.953. The van der Waals surface area contributed by atoms with Crippen molar-refractivity contribution in [1.29, 1.82) is 0 Å². The second kappa shape index (κ2) is 41.7. The highest BCUT2D eigenvalue weighted by Gasteiger charge is 2.59. The first-order valence-corrected chi connectivity index (χ1v) is 36.3. The van der Waals surface area contributed by atoms with Crippen LogP contribution in [0.15, 0.2) is 58.3 Å². The lowest BCUT2D eigenvalue weighted by molar-refractivity contribution is -1.10. The van der Waals surface area contributed by atoms with Crippen LogP contribution in [0.5, 0.6) is 0 Å². The van der Waals surface area contributed by atoms with Gasteiger partial charge in [0.25, 0.3) is 0 Å². The van der Waals surface area contributed by atoms with Gasteiger partial charge in [-0.15, -0.1) is 0 Å². The minimum atomic E-state index is -4.27. The SMILES string of the molecule is CCCCCCCCCCCCCCCCCC[N+]12CC[N+]([C@@H](O)[C@H](O)[C@@H](O)[C@H](O)[N+]34CC[N+](CCCCCCCCCCCCCCCCCC)(CC3)CC4)(CC1)CC2.Cc1ccc(S(=O)(=O)[O-])cc1.Cc1ccc(S(=O)(=O)[O-])cc1.[Cl-].[Cl-]. The van der Waals surface area contributed by atoms with Crippen molar-refractivity contribution in [1.82, 2.24) is 0 Å². The summed E-state index contributed by atoms with van der Waals surface area (Å²) in [5.74, 6) is 0. The Bertz CT molecular complexity index is 2030. The van der Waals surface area contributed by atoms with E-state index in [1.54, 1.807) is 24.3 Å². The first-order valence-electron chi connectivity index (χ1n) is 33.4. The quantitative estimate of drug-likeness (QED) is 0.0349. The van der Waals surface area contributed by atoms with Gasteiger partial charge >= 0.3 is 0 Å². The van der Waals surface area contributed by atoms with Crippen LogP contribution in [0.3, 0.4) is 0 Å². The molecule has 0 spiro atoms. The molecule has 4 N–H and O–H groups in total. The minimum absolute atomic E-state index is 0. The van der Waals surface area contributed by atoms with E-state index in [0.29, 0.717) is 8.97 Å². The number of hydrogen-bond donors (Lipinski definition) is 4. The summed E-state index contributed by atoms with van der Waals surface area (Å²) in [5.41, 5.74) is 1.86. The molecule has 0 amide bonds. The van der Waals surface area contributed by atoms with E-state index < -0.39 is 44.9 Å². The van der Waals surface area contributed by atoms with E-state index >= 15 is 0 Å². The van der Waals surface area contributed by atoms with E-state index in [0.717, 1.165) is 89.7 Å². The Morgan fingerprint density at radius 1 is 0.345 bits per heavy atom. The zero-order valence-electron chi connectivity index (χ0n) is 53.1. The fourth-order valence-electron chi connectivity index (χ4n) is 13.7. The predicted octanol–water partition coefficient (Wildman–Crippen LogP) is 6.00. The number of quaternary nitrogens is 4. The number of benzene rings is 2. The number of nitrogens with zero attached hydrogens (tertiary/aromatic N) is 4. The third-order valence-corrected chi connectivity index (χ3v) is 21.5. The second-order valence-electron chi connectivity index (χ2n) is 26.2. The third-order valence-electron chi connectivity index (χ3n) is 19.8. The van der Waals surface area contributed by atoms with E-state index in [-0.39, 0.29) is 34.6 Å². The van der Waals surface area contributed by atoms with Crippen molar-refractivity contribution in [2.75, 3.05) is 91.6 Å². The zero-order chi connectivity index (χ0) is 59.8. The van der Waals surface area contributed by atoms with Gasteiger partial charge in [0, 0.05) is 0 Å². The highest BCUT2D eigenvalue weighted by Crippen LogP contribution is 2.35. The van der Waals surface area contributed by atoms with Crippen LogP contribution in [0.25, 0.3) is 0 Å². The number of hydrogen-bond acceptors (Lipinski definition) is 10. The average molecular weight is 1260 g/mol. The second-order valence-corrected chi connectivity index (χ2v) is 29.0. The standard InChI is InChI=1S/C52H106N4O4.2C7H8O3S.2ClH/c1-3-5-7-9-11-13-15-17-19-21-23-25-27-29-31-33-35-53-37-43-55(44-38-53,45-39-53)51(59)49(57)50(58)52(60)56-46-40-54(41-47-56,42-48-56)36-34-32-30-28-26-24-22-20-18-16-14-12-10-8-6-4-2;2*1-6-2-4-7(5-3-6)11(8,9)10;;/h49-52,57-60H,3-48H2,1-2H3;2*2-5H,1H3,(H,8,9,10);2*1H/q+4;;;;/p-4/t49-,50-,51+,52+,53?,54?,55?,56?;;;;/m1..../s1. The van der Waals surface area contributed by atoms with E-state index in [2.05, 4.69) is 13.8 Å². The van der Waals surface area contributed by atoms with Crippen molar-refractivity contribution in [2.45, 2.75) is 268 Å². The molecular formula is C66H120Cl2N4O10S2. The van der Waals surface area contributed by atoms with Gasteiger partial charge in [0.05, 0.1) is 22.9 Å². The van der Waals surface area contributed by atoms with Crippen LogP contribution in [0.2, 0.25) is 0 Å². The Morgan fingerprint density at radius 3 is 0.726 bits per heavy atom. The van der Waals surface area contributed by atoms with Crippen LogP contribution in [-0.4, -0.2) is 181 Å². The molecule has 0 saturated carbocycles. The van der Waals surface area contributed by atoms with Gasteiger partial charge in [-0.25, -0.2) is 16.8 Å².